The van der Waals surface area contributed by atoms with Gasteiger partial charge in [0.1, 0.15) is 0 Å². The summed E-state index contributed by atoms with van der Waals surface area (Å²) in [6, 6.07) is 10.4. The molecule has 106 valence electrons. The molecule has 1 fully saturated rings. The van der Waals surface area contributed by atoms with E-state index < -0.39 is 0 Å². The van der Waals surface area contributed by atoms with E-state index in [0.29, 0.717) is 6.04 Å². The maximum Gasteiger partial charge on any atom is 0.00812 e. The molecule has 1 heteroatoms. The summed E-state index contributed by atoms with van der Waals surface area (Å²) in [5.74, 6) is 1.61. The van der Waals surface area contributed by atoms with E-state index in [0.717, 1.165) is 17.9 Å². The molecule has 0 bridgehead atoms. The van der Waals surface area contributed by atoms with Crippen molar-refractivity contribution < 1.29 is 0 Å². The van der Waals surface area contributed by atoms with Crippen LogP contribution in [0.4, 0.5) is 0 Å². The first-order chi connectivity index (χ1) is 9.04. The van der Waals surface area contributed by atoms with Crippen molar-refractivity contribution in [3.8, 4) is 0 Å². The topological polar surface area (TPSA) is 12.0 Å². The van der Waals surface area contributed by atoms with Gasteiger partial charge in [0.05, 0.1) is 0 Å². The summed E-state index contributed by atoms with van der Waals surface area (Å²) in [6.45, 7) is 9.14. The minimum atomic E-state index is 0.672. The summed E-state index contributed by atoms with van der Waals surface area (Å²) >= 11 is 0. The smallest absolute Gasteiger partial charge is 0.00812 e. The molecule has 1 N–H and O–H groups in total. The molecule has 1 aromatic rings. The standard InChI is InChI=1S/C18H29N/c1-13(2)8-9-15(4)19-18-11-17(12-18)16-7-5-6-14(3)10-16/h5-7,10,13,15,17-19H,8-9,11-12H2,1-4H3. The van der Waals surface area contributed by atoms with E-state index in [2.05, 4.69) is 57.3 Å². The molecule has 0 saturated heterocycles. The van der Waals surface area contributed by atoms with Crippen molar-refractivity contribution in [2.24, 2.45) is 5.92 Å². The van der Waals surface area contributed by atoms with Gasteiger partial charge < -0.3 is 5.32 Å². The van der Waals surface area contributed by atoms with Gasteiger partial charge in [0, 0.05) is 12.1 Å². The Labute approximate surface area is 118 Å². The Morgan fingerprint density at radius 3 is 2.53 bits per heavy atom. The van der Waals surface area contributed by atoms with E-state index in [1.807, 2.05) is 0 Å². The van der Waals surface area contributed by atoms with Crippen LogP contribution in [0.3, 0.4) is 0 Å². The van der Waals surface area contributed by atoms with Crippen molar-refractivity contribution in [2.75, 3.05) is 0 Å². The highest BCUT2D eigenvalue weighted by Gasteiger charge is 2.30. The predicted molar refractivity (Wildman–Crippen MR) is 83.6 cm³/mol. The van der Waals surface area contributed by atoms with E-state index in [-0.39, 0.29) is 0 Å². The largest absolute Gasteiger partial charge is 0.311 e. The molecule has 0 aromatic heterocycles. The fourth-order valence-electron chi connectivity index (χ4n) is 3.02. The molecule has 0 aliphatic heterocycles. The first-order valence-electron chi connectivity index (χ1n) is 7.87. The minimum Gasteiger partial charge on any atom is -0.311 e. The van der Waals surface area contributed by atoms with Crippen molar-refractivity contribution in [2.45, 2.75) is 71.4 Å². The molecule has 1 atom stereocenters. The van der Waals surface area contributed by atoms with Gasteiger partial charge in [-0.05, 0) is 56.9 Å². The second-order valence-corrected chi connectivity index (χ2v) is 6.82. The average molecular weight is 259 g/mol. The lowest BCUT2D eigenvalue weighted by Gasteiger charge is -2.38. The number of hydrogen-bond donors (Lipinski definition) is 1. The van der Waals surface area contributed by atoms with Gasteiger partial charge in [-0.2, -0.15) is 0 Å². The van der Waals surface area contributed by atoms with Crippen molar-refractivity contribution in [3.05, 3.63) is 35.4 Å². The summed E-state index contributed by atoms with van der Waals surface area (Å²) < 4.78 is 0. The SMILES string of the molecule is Cc1cccc(C2CC(NC(C)CCC(C)C)C2)c1. The Morgan fingerprint density at radius 1 is 1.16 bits per heavy atom. The Morgan fingerprint density at radius 2 is 1.89 bits per heavy atom. The molecule has 1 unspecified atom stereocenters. The first-order valence-corrected chi connectivity index (χ1v) is 7.87. The van der Waals surface area contributed by atoms with Gasteiger partial charge in [-0.3, -0.25) is 0 Å². The second-order valence-electron chi connectivity index (χ2n) is 6.82. The van der Waals surface area contributed by atoms with Gasteiger partial charge in [0.2, 0.25) is 0 Å². The van der Waals surface area contributed by atoms with E-state index in [1.54, 1.807) is 0 Å². The van der Waals surface area contributed by atoms with Gasteiger partial charge >= 0.3 is 0 Å². The summed E-state index contributed by atoms with van der Waals surface area (Å²) in [5, 5.41) is 3.79. The second kappa shape index (κ2) is 6.56. The lowest BCUT2D eigenvalue weighted by molar-refractivity contribution is 0.261. The molecule has 1 aromatic carbocycles. The van der Waals surface area contributed by atoms with E-state index in [9.17, 15) is 0 Å². The van der Waals surface area contributed by atoms with Crippen LogP contribution in [-0.4, -0.2) is 12.1 Å². The highest BCUT2D eigenvalue weighted by molar-refractivity contribution is 5.27. The molecular weight excluding hydrogens is 230 g/mol. The average Bonchev–Trinajstić information content (AvgIpc) is 2.30. The van der Waals surface area contributed by atoms with Crippen LogP contribution in [0.25, 0.3) is 0 Å². The Bertz CT molecular complexity index is 390. The Kier molecular flexibility index (Phi) is 5.04. The minimum absolute atomic E-state index is 0.672. The normalized spacial score (nSPS) is 24.3. The van der Waals surface area contributed by atoms with Gasteiger partial charge in [-0.1, -0.05) is 43.7 Å². The van der Waals surface area contributed by atoms with Crippen LogP contribution in [0.2, 0.25) is 0 Å². The van der Waals surface area contributed by atoms with Crippen molar-refractivity contribution in [3.63, 3.8) is 0 Å². The molecule has 0 amide bonds. The summed E-state index contributed by atoms with van der Waals surface area (Å²) in [5.41, 5.74) is 2.92. The zero-order chi connectivity index (χ0) is 13.8. The molecule has 0 spiro atoms. The molecule has 1 saturated carbocycles. The third-order valence-corrected chi connectivity index (χ3v) is 4.35. The monoisotopic (exact) mass is 259 g/mol. The van der Waals surface area contributed by atoms with Gasteiger partial charge in [0.25, 0.3) is 0 Å². The lowest BCUT2D eigenvalue weighted by atomic mass is 9.75. The molecule has 1 aliphatic carbocycles. The lowest BCUT2D eigenvalue weighted by Crippen LogP contribution is -2.44. The quantitative estimate of drug-likeness (QED) is 0.783. The molecule has 1 nitrogen and oxygen atoms in total. The number of rotatable bonds is 6. The predicted octanol–water partition coefficient (Wildman–Crippen LogP) is 4.66. The third-order valence-electron chi connectivity index (χ3n) is 4.35. The van der Waals surface area contributed by atoms with Crippen molar-refractivity contribution >= 4 is 0 Å². The molecule has 19 heavy (non-hydrogen) atoms. The first kappa shape index (κ1) is 14.6. The number of benzene rings is 1. The van der Waals surface area contributed by atoms with Gasteiger partial charge in [-0.25, -0.2) is 0 Å². The number of aryl methyl sites for hydroxylation is 1. The summed E-state index contributed by atoms with van der Waals surface area (Å²) in [7, 11) is 0. The van der Waals surface area contributed by atoms with Crippen LogP contribution in [0, 0.1) is 12.8 Å². The zero-order valence-corrected chi connectivity index (χ0v) is 12.9. The molecule has 0 heterocycles. The summed E-state index contributed by atoms with van der Waals surface area (Å²) in [6.07, 6.45) is 5.27. The molecule has 2 rings (SSSR count). The fourth-order valence-corrected chi connectivity index (χ4v) is 3.02. The van der Waals surface area contributed by atoms with E-state index >= 15 is 0 Å². The molecule has 1 aliphatic rings. The fraction of sp³-hybridized carbons (Fsp3) is 0.667. The maximum absolute atomic E-state index is 3.79. The van der Waals surface area contributed by atoms with Crippen molar-refractivity contribution in [1.29, 1.82) is 0 Å². The summed E-state index contributed by atoms with van der Waals surface area (Å²) in [4.78, 5) is 0. The van der Waals surface area contributed by atoms with Crippen LogP contribution in [-0.2, 0) is 0 Å². The molecule has 0 radical (unpaired) electrons. The van der Waals surface area contributed by atoms with Crippen LogP contribution >= 0.6 is 0 Å². The zero-order valence-electron chi connectivity index (χ0n) is 12.9. The van der Waals surface area contributed by atoms with E-state index in [1.165, 1.54) is 36.8 Å². The highest BCUT2D eigenvalue weighted by atomic mass is 15.0. The van der Waals surface area contributed by atoms with Crippen LogP contribution in [0.5, 0.6) is 0 Å². The van der Waals surface area contributed by atoms with Gasteiger partial charge in [0.15, 0.2) is 0 Å². The van der Waals surface area contributed by atoms with Gasteiger partial charge in [-0.15, -0.1) is 0 Å². The van der Waals surface area contributed by atoms with Crippen molar-refractivity contribution in [1.82, 2.24) is 5.32 Å². The van der Waals surface area contributed by atoms with Crippen LogP contribution in [0.15, 0.2) is 24.3 Å². The highest BCUT2D eigenvalue weighted by Crippen LogP contribution is 2.37. The molecular formula is C18H29N. The van der Waals surface area contributed by atoms with E-state index in [4.69, 9.17) is 0 Å². The third kappa shape index (κ3) is 4.35. The van der Waals surface area contributed by atoms with Crippen LogP contribution < -0.4 is 5.32 Å². The Balaban J connectivity index is 1.71. The maximum atomic E-state index is 3.79. The van der Waals surface area contributed by atoms with Crippen LogP contribution in [0.1, 0.15) is 63.5 Å². The number of nitrogens with one attached hydrogen (secondary N) is 1. The number of hydrogen-bond acceptors (Lipinski definition) is 1. The Hall–Kier alpha value is -0.820.